The third kappa shape index (κ3) is 2.65. The van der Waals surface area contributed by atoms with Gasteiger partial charge in [0.15, 0.2) is 0 Å². The van der Waals surface area contributed by atoms with Crippen LogP contribution in [0.4, 0.5) is 0 Å². The second-order valence-corrected chi connectivity index (χ2v) is 8.43. The fourth-order valence-electron chi connectivity index (χ4n) is 2.84. The summed E-state index contributed by atoms with van der Waals surface area (Å²) in [7, 11) is -3.66. The molecule has 3 aromatic rings. The number of thiophene rings is 1. The molecule has 4 rings (SSSR count). The maximum absolute atomic E-state index is 12.8. The first-order valence-corrected chi connectivity index (χ1v) is 9.85. The van der Waals surface area contributed by atoms with Crippen molar-refractivity contribution in [2.24, 2.45) is 0 Å². The van der Waals surface area contributed by atoms with E-state index < -0.39 is 10.0 Å². The molecule has 1 aliphatic heterocycles. The minimum absolute atomic E-state index is 0.261. The molecule has 0 fully saturated rings. The first-order valence-electron chi connectivity index (χ1n) is 7.11. The van der Waals surface area contributed by atoms with Gasteiger partial charge in [0.1, 0.15) is 17.0 Å². The Morgan fingerprint density at radius 1 is 1.39 bits per heavy atom. The molecule has 120 valence electrons. The van der Waals surface area contributed by atoms with Crippen LogP contribution in [0.3, 0.4) is 0 Å². The average molecular weight is 369 g/mol. The molecule has 2 aromatic heterocycles. The quantitative estimate of drug-likeness (QED) is 0.771. The van der Waals surface area contributed by atoms with Gasteiger partial charge in [-0.3, -0.25) is 0 Å². The molecule has 0 saturated heterocycles. The van der Waals surface area contributed by atoms with Gasteiger partial charge in [0.25, 0.3) is 0 Å². The molecule has 0 amide bonds. The van der Waals surface area contributed by atoms with Crippen LogP contribution in [0.5, 0.6) is 0 Å². The van der Waals surface area contributed by atoms with Gasteiger partial charge in [0.2, 0.25) is 10.0 Å². The molecule has 1 aromatic carbocycles. The van der Waals surface area contributed by atoms with Crippen LogP contribution >= 0.6 is 22.9 Å². The van der Waals surface area contributed by atoms with Gasteiger partial charge in [-0.2, -0.15) is 5.10 Å². The number of aryl methyl sites for hydroxylation is 1. The van der Waals surface area contributed by atoms with Gasteiger partial charge in [0, 0.05) is 27.0 Å². The Morgan fingerprint density at radius 2 is 2.26 bits per heavy atom. The highest BCUT2D eigenvalue weighted by molar-refractivity contribution is 7.90. The highest BCUT2D eigenvalue weighted by Gasteiger charge is 2.29. The lowest BCUT2D eigenvalue weighted by atomic mass is 10.1. The van der Waals surface area contributed by atoms with Crippen LogP contribution in [0.25, 0.3) is 10.1 Å². The zero-order valence-corrected chi connectivity index (χ0v) is 14.3. The maximum Gasteiger partial charge on any atom is 0.242 e. The number of sulfonamides is 1. The number of fused-ring (bicyclic) bond motifs is 2. The van der Waals surface area contributed by atoms with Crippen LogP contribution in [-0.2, 0) is 16.6 Å². The third-order valence-corrected chi connectivity index (χ3v) is 6.77. The van der Waals surface area contributed by atoms with Crippen molar-refractivity contribution in [3.63, 3.8) is 0 Å². The zero-order chi connectivity index (χ0) is 16.0. The number of nitrogens with zero attached hydrogens (tertiary/aromatic N) is 3. The average Bonchev–Trinajstić information content (AvgIpc) is 3.13. The monoisotopic (exact) mass is 368 g/mol. The zero-order valence-electron chi connectivity index (χ0n) is 11.9. The number of benzene rings is 1. The lowest BCUT2D eigenvalue weighted by Gasteiger charge is -2.22. The minimum Gasteiger partial charge on any atom is -0.248 e. The lowest BCUT2D eigenvalue weighted by molar-refractivity contribution is 0.400. The van der Waals surface area contributed by atoms with E-state index in [9.17, 15) is 8.42 Å². The van der Waals surface area contributed by atoms with Crippen LogP contribution < -0.4 is 4.72 Å². The molecule has 1 N–H and O–H groups in total. The van der Waals surface area contributed by atoms with Crippen molar-refractivity contribution in [2.75, 3.05) is 0 Å². The van der Waals surface area contributed by atoms with Crippen LogP contribution in [0.2, 0.25) is 5.02 Å². The van der Waals surface area contributed by atoms with Crippen molar-refractivity contribution < 1.29 is 8.42 Å². The lowest BCUT2D eigenvalue weighted by Crippen LogP contribution is -2.33. The van der Waals surface area contributed by atoms with E-state index in [4.69, 9.17) is 11.6 Å². The highest BCUT2D eigenvalue weighted by Crippen LogP contribution is 2.33. The summed E-state index contributed by atoms with van der Waals surface area (Å²) in [6.45, 7) is 0.768. The number of rotatable bonds is 3. The van der Waals surface area contributed by atoms with Gasteiger partial charge in [0.05, 0.1) is 6.04 Å². The smallest absolute Gasteiger partial charge is 0.242 e. The van der Waals surface area contributed by atoms with Gasteiger partial charge in [-0.1, -0.05) is 11.6 Å². The molecule has 1 aliphatic rings. The molecule has 0 unspecified atom stereocenters. The third-order valence-electron chi connectivity index (χ3n) is 3.91. The predicted molar refractivity (Wildman–Crippen MR) is 89.2 cm³/mol. The van der Waals surface area contributed by atoms with Crippen molar-refractivity contribution >= 4 is 43.0 Å². The SMILES string of the molecule is O=S(=O)(N[C@H]1CCCn2ncnc21)c1csc2ccc(Cl)cc12. The fourth-order valence-corrected chi connectivity index (χ4v) is 5.71. The molecule has 0 saturated carbocycles. The van der Waals surface area contributed by atoms with E-state index in [1.54, 1.807) is 22.2 Å². The second-order valence-electron chi connectivity index (χ2n) is 5.40. The summed E-state index contributed by atoms with van der Waals surface area (Å²) < 4.78 is 31.0. The summed E-state index contributed by atoms with van der Waals surface area (Å²) in [6.07, 6.45) is 3.03. The Morgan fingerprint density at radius 3 is 3.13 bits per heavy atom. The first kappa shape index (κ1) is 15.1. The molecule has 6 nitrogen and oxygen atoms in total. The summed E-state index contributed by atoms with van der Waals surface area (Å²) in [4.78, 5) is 4.45. The predicted octanol–water partition coefficient (Wildman–Crippen LogP) is 2.96. The summed E-state index contributed by atoms with van der Waals surface area (Å²) in [5.41, 5.74) is 0. The number of halogens is 1. The molecule has 23 heavy (non-hydrogen) atoms. The standard InChI is InChI=1S/C14H13ClN4O2S2/c15-9-3-4-12-10(6-9)13(7-22-12)23(20,21)18-11-2-1-5-19-14(11)16-8-17-19/h3-4,6-8,11,18H,1-2,5H2/t11-/m0/s1. The normalized spacial score (nSPS) is 18.2. The molecule has 3 heterocycles. The maximum atomic E-state index is 12.8. The molecule has 0 radical (unpaired) electrons. The van der Waals surface area contributed by atoms with E-state index in [1.807, 2.05) is 6.07 Å². The summed E-state index contributed by atoms with van der Waals surface area (Å²) >= 11 is 7.40. The number of aromatic nitrogens is 3. The Labute approximate surface area is 142 Å². The van der Waals surface area contributed by atoms with E-state index in [2.05, 4.69) is 14.8 Å². The second kappa shape index (κ2) is 5.55. The number of hydrogen-bond acceptors (Lipinski definition) is 5. The van der Waals surface area contributed by atoms with E-state index >= 15 is 0 Å². The molecule has 0 spiro atoms. The molecule has 0 aliphatic carbocycles. The van der Waals surface area contributed by atoms with Gasteiger partial charge >= 0.3 is 0 Å². The molecular weight excluding hydrogens is 356 g/mol. The van der Waals surface area contributed by atoms with E-state index in [-0.39, 0.29) is 10.9 Å². The summed E-state index contributed by atoms with van der Waals surface area (Å²) in [5.74, 6) is 0.664. The van der Waals surface area contributed by atoms with E-state index in [0.717, 1.165) is 17.7 Å². The number of nitrogens with one attached hydrogen (secondary N) is 1. The molecule has 9 heteroatoms. The van der Waals surface area contributed by atoms with Gasteiger partial charge < -0.3 is 0 Å². The van der Waals surface area contributed by atoms with Gasteiger partial charge in [-0.25, -0.2) is 22.8 Å². The van der Waals surface area contributed by atoms with Crippen LogP contribution in [-0.4, -0.2) is 23.2 Å². The Kier molecular flexibility index (Phi) is 3.64. The fraction of sp³-hybridized carbons (Fsp3) is 0.286. The topological polar surface area (TPSA) is 76.9 Å². The highest BCUT2D eigenvalue weighted by atomic mass is 35.5. The summed E-state index contributed by atoms with van der Waals surface area (Å²) in [5, 5.41) is 6.93. The van der Waals surface area contributed by atoms with Crippen molar-refractivity contribution in [2.45, 2.75) is 30.3 Å². The van der Waals surface area contributed by atoms with Gasteiger partial charge in [-0.15, -0.1) is 11.3 Å². The Bertz CT molecular complexity index is 980. The summed E-state index contributed by atoms with van der Waals surface area (Å²) in [6, 6.07) is 4.92. The van der Waals surface area contributed by atoms with Crippen molar-refractivity contribution in [3.05, 3.63) is 40.8 Å². The van der Waals surface area contributed by atoms with Crippen LogP contribution in [0.1, 0.15) is 24.7 Å². The van der Waals surface area contributed by atoms with Gasteiger partial charge in [-0.05, 0) is 31.0 Å². The van der Waals surface area contributed by atoms with Crippen molar-refractivity contribution in [3.8, 4) is 0 Å². The van der Waals surface area contributed by atoms with E-state index in [1.165, 1.54) is 17.7 Å². The minimum atomic E-state index is -3.66. The largest absolute Gasteiger partial charge is 0.248 e. The molecule has 1 atom stereocenters. The molecular formula is C14H13ClN4O2S2. The Hall–Kier alpha value is -1.48. The van der Waals surface area contributed by atoms with Crippen molar-refractivity contribution in [1.29, 1.82) is 0 Å². The van der Waals surface area contributed by atoms with Crippen molar-refractivity contribution in [1.82, 2.24) is 19.5 Å². The number of hydrogen-bond donors (Lipinski definition) is 1. The Balaban J connectivity index is 1.72. The first-order chi connectivity index (χ1) is 11.0. The van der Waals surface area contributed by atoms with Crippen LogP contribution in [0.15, 0.2) is 34.8 Å². The van der Waals surface area contributed by atoms with Crippen LogP contribution in [0, 0.1) is 0 Å². The molecule has 0 bridgehead atoms. The van der Waals surface area contributed by atoms with E-state index in [0.29, 0.717) is 22.7 Å².